The minimum Gasteiger partial charge on any atom is -0.495 e. The third-order valence-electron chi connectivity index (χ3n) is 2.94. The second-order valence-corrected chi connectivity index (χ2v) is 4.50. The SMILES string of the molecule is COc1ccc(C(N)=O)cc1NC(=O)CCCn1cnnn1. The van der Waals surface area contributed by atoms with Gasteiger partial charge < -0.3 is 15.8 Å². The molecule has 0 fully saturated rings. The van der Waals surface area contributed by atoms with Gasteiger partial charge in [0.05, 0.1) is 12.8 Å². The van der Waals surface area contributed by atoms with Crippen molar-refractivity contribution < 1.29 is 14.3 Å². The molecule has 2 rings (SSSR count). The van der Waals surface area contributed by atoms with Gasteiger partial charge in [0.25, 0.3) is 0 Å². The number of rotatable bonds is 7. The van der Waals surface area contributed by atoms with Gasteiger partial charge in [-0.05, 0) is 35.0 Å². The summed E-state index contributed by atoms with van der Waals surface area (Å²) in [6.07, 6.45) is 2.34. The van der Waals surface area contributed by atoms with E-state index in [-0.39, 0.29) is 12.3 Å². The molecule has 2 aromatic rings. The molecule has 3 N–H and O–H groups in total. The monoisotopic (exact) mass is 304 g/mol. The van der Waals surface area contributed by atoms with Crippen molar-refractivity contribution in [1.29, 1.82) is 0 Å². The number of nitrogens with zero attached hydrogens (tertiary/aromatic N) is 4. The van der Waals surface area contributed by atoms with Crippen molar-refractivity contribution in [3.8, 4) is 5.75 Å². The van der Waals surface area contributed by atoms with E-state index in [0.29, 0.717) is 30.0 Å². The van der Waals surface area contributed by atoms with Crippen molar-refractivity contribution in [1.82, 2.24) is 20.2 Å². The van der Waals surface area contributed by atoms with Crippen molar-refractivity contribution in [3.63, 3.8) is 0 Å². The maximum atomic E-state index is 11.9. The molecule has 0 unspecified atom stereocenters. The number of benzene rings is 1. The molecule has 2 amide bonds. The average molecular weight is 304 g/mol. The number of hydrogen-bond acceptors (Lipinski definition) is 6. The Morgan fingerprint density at radius 2 is 2.23 bits per heavy atom. The van der Waals surface area contributed by atoms with E-state index < -0.39 is 5.91 Å². The first kappa shape index (κ1) is 15.4. The molecule has 22 heavy (non-hydrogen) atoms. The number of carbonyl (C=O) groups excluding carboxylic acids is 2. The van der Waals surface area contributed by atoms with Crippen LogP contribution in [0.1, 0.15) is 23.2 Å². The van der Waals surface area contributed by atoms with Crippen LogP contribution in [0.5, 0.6) is 5.75 Å². The molecule has 0 aliphatic heterocycles. The molecule has 9 heteroatoms. The Morgan fingerprint density at radius 1 is 1.41 bits per heavy atom. The molecule has 1 aromatic heterocycles. The Kier molecular flexibility index (Phi) is 5.02. The average Bonchev–Trinajstić information content (AvgIpc) is 3.00. The summed E-state index contributed by atoms with van der Waals surface area (Å²) >= 11 is 0. The summed E-state index contributed by atoms with van der Waals surface area (Å²) in [7, 11) is 1.48. The minimum atomic E-state index is -0.572. The van der Waals surface area contributed by atoms with Crippen LogP contribution in [0.15, 0.2) is 24.5 Å². The number of amides is 2. The lowest BCUT2D eigenvalue weighted by Gasteiger charge is -2.11. The highest BCUT2D eigenvalue weighted by Gasteiger charge is 2.11. The topological polar surface area (TPSA) is 125 Å². The van der Waals surface area contributed by atoms with Gasteiger partial charge in [-0.25, -0.2) is 4.68 Å². The maximum Gasteiger partial charge on any atom is 0.248 e. The molecular formula is C13H16N6O3. The lowest BCUT2D eigenvalue weighted by Crippen LogP contribution is -2.15. The first-order chi connectivity index (χ1) is 10.6. The van der Waals surface area contributed by atoms with Crippen LogP contribution >= 0.6 is 0 Å². The third kappa shape index (κ3) is 4.01. The first-order valence-electron chi connectivity index (χ1n) is 6.58. The number of aromatic nitrogens is 4. The molecule has 0 aliphatic carbocycles. The fraction of sp³-hybridized carbons (Fsp3) is 0.308. The van der Waals surface area contributed by atoms with Crippen LogP contribution in [0, 0.1) is 0 Å². The number of nitrogens with two attached hydrogens (primary N) is 1. The highest BCUT2D eigenvalue weighted by Crippen LogP contribution is 2.25. The molecule has 1 aromatic carbocycles. The van der Waals surface area contributed by atoms with Gasteiger partial charge in [-0.2, -0.15) is 0 Å². The second kappa shape index (κ2) is 7.16. The Labute approximate surface area is 126 Å². The van der Waals surface area contributed by atoms with E-state index in [1.807, 2.05) is 0 Å². The fourth-order valence-electron chi connectivity index (χ4n) is 1.86. The van der Waals surface area contributed by atoms with E-state index in [2.05, 4.69) is 20.8 Å². The van der Waals surface area contributed by atoms with Crippen LogP contribution in [0.3, 0.4) is 0 Å². The number of ether oxygens (including phenoxy) is 1. The Morgan fingerprint density at radius 3 is 2.86 bits per heavy atom. The summed E-state index contributed by atoms with van der Waals surface area (Å²) in [5.41, 5.74) is 5.93. The standard InChI is InChI=1S/C13H16N6O3/c1-22-11-5-4-9(13(14)21)7-10(11)16-12(20)3-2-6-19-8-15-17-18-19/h4-5,7-8H,2-3,6H2,1H3,(H2,14,21)(H,16,20). The van der Waals surface area contributed by atoms with Crippen molar-refractivity contribution in [3.05, 3.63) is 30.1 Å². The number of carbonyl (C=O) groups is 2. The largest absolute Gasteiger partial charge is 0.495 e. The van der Waals surface area contributed by atoms with Gasteiger partial charge in [0.15, 0.2) is 0 Å². The predicted octanol–water partition coefficient (Wildman–Crippen LogP) is 0.199. The van der Waals surface area contributed by atoms with Crippen LogP contribution in [0.4, 0.5) is 5.69 Å². The summed E-state index contributed by atoms with van der Waals surface area (Å²) in [6, 6.07) is 4.60. The second-order valence-electron chi connectivity index (χ2n) is 4.50. The number of anilines is 1. The molecule has 0 saturated carbocycles. The van der Waals surface area contributed by atoms with E-state index in [1.165, 1.54) is 25.6 Å². The molecule has 1 heterocycles. The lowest BCUT2D eigenvalue weighted by atomic mass is 10.1. The maximum absolute atomic E-state index is 11.9. The molecule has 0 spiro atoms. The van der Waals surface area contributed by atoms with Gasteiger partial charge in [-0.3, -0.25) is 9.59 Å². The Hall–Kier alpha value is -2.97. The summed E-state index contributed by atoms with van der Waals surface area (Å²) < 4.78 is 6.69. The molecule has 116 valence electrons. The molecule has 9 nitrogen and oxygen atoms in total. The van der Waals surface area contributed by atoms with E-state index in [4.69, 9.17) is 10.5 Å². The number of aryl methyl sites for hydroxylation is 1. The zero-order chi connectivity index (χ0) is 15.9. The molecule has 0 atom stereocenters. The van der Waals surface area contributed by atoms with E-state index in [9.17, 15) is 9.59 Å². The zero-order valence-corrected chi connectivity index (χ0v) is 12.0. The lowest BCUT2D eigenvalue weighted by molar-refractivity contribution is -0.116. The van der Waals surface area contributed by atoms with Gasteiger partial charge in [0.2, 0.25) is 11.8 Å². The number of hydrogen-bond donors (Lipinski definition) is 2. The third-order valence-corrected chi connectivity index (χ3v) is 2.94. The van der Waals surface area contributed by atoms with Gasteiger partial charge in [0, 0.05) is 18.5 Å². The van der Waals surface area contributed by atoms with Gasteiger partial charge >= 0.3 is 0 Å². The number of primary amides is 1. The van der Waals surface area contributed by atoms with Crippen LogP contribution in [0.25, 0.3) is 0 Å². The summed E-state index contributed by atoms with van der Waals surface area (Å²) in [5.74, 6) is -0.316. The highest BCUT2D eigenvalue weighted by molar-refractivity contribution is 5.97. The molecule has 0 aliphatic rings. The van der Waals surface area contributed by atoms with Crippen LogP contribution in [-0.4, -0.2) is 39.1 Å². The van der Waals surface area contributed by atoms with E-state index >= 15 is 0 Å². The van der Waals surface area contributed by atoms with Crippen molar-refractivity contribution in [2.45, 2.75) is 19.4 Å². The molecule has 0 bridgehead atoms. The van der Waals surface area contributed by atoms with Gasteiger partial charge in [-0.1, -0.05) is 0 Å². The normalized spacial score (nSPS) is 10.2. The van der Waals surface area contributed by atoms with Gasteiger partial charge in [0.1, 0.15) is 12.1 Å². The number of methoxy groups -OCH3 is 1. The van der Waals surface area contributed by atoms with Crippen LogP contribution < -0.4 is 15.8 Å². The van der Waals surface area contributed by atoms with Crippen molar-refractivity contribution in [2.24, 2.45) is 5.73 Å². The van der Waals surface area contributed by atoms with E-state index in [0.717, 1.165) is 0 Å². The number of nitrogens with one attached hydrogen (secondary N) is 1. The zero-order valence-electron chi connectivity index (χ0n) is 12.0. The number of tetrazole rings is 1. The first-order valence-corrected chi connectivity index (χ1v) is 6.58. The predicted molar refractivity (Wildman–Crippen MR) is 77.2 cm³/mol. The van der Waals surface area contributed by atoms with Gasteiger partial charge in [-0.15, -0.1) is 5.10 Å². The van der Waals surface area contributed by atoms with Crippen molar-refractivity contribution in [2.75, 3.05) is 12.4 Å². The van der Waals surface area contributed by atoms with E-state index in [1.54, 1.807) is 10.7 Å². The van der Waals surface area contributed by atoms with Crippen LogP contribution in [-0.2, 0) is 11.3 Å². The van der Waals surface area contributed by atoms with Crippen molar-refractivity contribution >= 4 is 17.5 Å². The quantitative estimate of drug-likeness (QED) is 0.752. The molecule has 0 saturated heterocycles. The minimum absolute atomic E-state index is 0.201. The Balaban J connectivity index is 1.95. The van der Waals surface area contributed by atoms with Crippen LogP contribution in [0.2, 0.25) is 0 Å². The summed E-state index contributed by atoms with van der Waals surface area (Å²) in [6.45, 7) is 0.541. The fourth-order valence-corrected chi connectivity index (χ4v) is 1.86. The molecule has 0 radical (unpaired) electrons. The molecular weight excluding hydrogens is 288 g/mol. The summed E-state index contributed by atoms with van der Waals surface area (Å²) in [5, 5.41) is 13.4. The Bertz CT molecular complexity index is 656. The summed E-state index contributed by atoms with van der Waals surface area (Å²) in [4.78, 5) is 23.1. The highest BCUT2D eigenvalue weighted by atomic mass is 16.5. The smallest absolute Gasteiger partial charge is 0.248 e.